The third kappa shape index (κ3) is 5.42. The fourth-order valence-corrected chi connectivity index (χ4v) is 3.42. The minimum atomic E-state index is -0.682. The Morgan fingerprint density at radius 3 is 2.49 bits per heavy atom. The molecule has 0 radical (unpaired) electrons. The number of nitrogens with one attached hydrogen (secondary N) is 1. The van der Waals surface area contributed by atoms with E-state index in [4.69, 9.17) is 9.47 Å². The maximum atomic E-state index is 13.1. The van der Waals surface area contributed by atoms with E-state index in [-0.39, 0.29) is 40.5 Å². The Labute approximate surface area is 199 Å². The SMILES string of the molecule is CCOC(=O)c1c(C)[nH]c(C(=O)C(C#N)=Cc2ccc(Oc3ccc(F)cc3)c([N+](=O)[O-])c2)c1C. The highest BCUT2D eigenvalue weighted by molar-refractivity contribution is 6.15. The van der Waals surface area contributed by atoms with E-state index in [1.54, 1.807) is 26.8 Å². The Morgan fingerprint density at radius 2 is 1.89 bits per heavy atom. The molecule has 2 aromatic carbocycles. The van der Waals surface area contributed by atoms with Crippen LogP contribution in [0.3, 0.4) is 0 Å². The second kappa shape index (κ2) is 10.4. The predicted octanol–water partition coefficient (Wildman–Crippen LogP) is 5.44. The van der Waals surface area contributed by atoms with Crippen LogP contribution in [0.1, 0.15) is 44.6 Å². The van der Waals surface area contributed by atoms with E-state index in [9.17, 15) is 29.4 Å². The normalized spacial score (nSPS) is 11.0. The largest absolute Gasteiger partial charge is 0.462 e. The number of aromatic amines is 1. The molecule has 3 aromatic rings. The molecule has 0 fully saturated rings. The van der Waals surface area contributed by atoms with E-state index in [2.05, 4.69) is 4.98 Å². The van der Waals surface area contributed by atoms with Crippen molar-refractivity contribution in [2.24, 2.45) is 0 Å². The molecule has 35 heavy (non-hydrogen) atoms. The predicted molar refractivity (Wildman–Crippen MR) is 124 cm³/mol. The summed E-state index contributed by atoms with van der Waals surface area (Å²) in [6.07, 6.45) is 1.21. The van der Waals surface area contributed by atoms with Gasteiger partial charge in [-0.25, -0.2) is 9.18 Å². The number of nitro benzene ring substituents is 1. The van der Waals surface area contributed by atoms with Crippen LogP contribution in [-0.2, 0) is 4.74 Å². The van der Waals surface area contributed by atoms with Crippen molar-refractivity contribution < 1.29 is 28.4 Å². The lowest BCUT2D eigenvalue weighted by molar-refractivity contribution is -0.385. The molecule has 9 nitrogen and oxygen atoms in total. The van der Waals surface area contributed by atoms with Gasteiger partial charge in [0, 0.05) is 11.8 Å². The average Bonchev–Trinajstić information content (AvgIpc) is 3.13. The van der Waals surface area contributed by atoms with Crippen molar-refractivity contribution >= 4 is 23.5 Å². The Morgan fingerprint density at radius 1 is 1.20 bits per heavy atom. The number of Topliss-reactive ketones (excluding diaryl/α,β-unsaturated/α-hetero) is 1. The Bertz CT molecular complexity index is 1380. The van der Waals surface area contributed by atoms with Crippen LogP contribution in [0.4, 0.5) is 10.1 Å². The van der Waals surface area contributed by atoms with Crippen LogP contribution in [0.5, 0.6) is 11.5 Å². The van der Waals surface area contributed by atoms with Gasteiger partial charge in [0.15, 0.2) is 0 Å². The van der Waals surface area contributed by atoms with Crippen molar-refractivity contribution in [3.05, 3.63) is 92.0 Å². The number of nitro groups is 1. The highest BCUT2D eigenvalue weighted by Gasteiger charge is 2.25. The van der Waals surface area contributed by atoms with Gasteiger partial charge in [0.25, 0.3) is 0 Å². The van der Waals surface area contributed by atoms with Crippen LogP contribution < -0.4 is 4.74 Å². The number of hydrogen-bond donors (Lipinski definition) is 1. The van der Waals surface area contributed by atoms with Gasteiger partial charge in [-0.2, -0.15) is 5.26 Å². The molecular formula is C25H20FN3O6. The molecular weight excluding hydrogens is 457 g/mol. The quantitative estimate of drug-likeness (QED) is 0.114. The smallest absolute Gasteiger partial charge is 0.340 e. The summed E-state index contributed by atoms with van der Waals surface area (Å²) in [5.41, 5.74) is 0.505. The van der Waals surface area contributed by atoms with Crippen molar-refractivity contribution in [2.45, 2.75) is 20.8 Å². The number of H-pyrrole nitrogens is 1. The van der Waals surface area contributed by atoms with E-state index < -0.39 is 28.2 Å². The Kier molecular flexibility index (Phi) is 7.41. The van der Waals surface area contributed by atoms with Crippen LogP contribution >= 0.6 is 0 Å². The third-order valence-electron chi connectivity index (χ3n) is 5.04. The lowest BCUT2D eigenvalue weighted by atomic mass is 10.0. The number of ether oxygens (including phenoxy) is 2. The van der Waals surface area contributed by atoms with Gasteiger partial charge < -0.3 is 14.5 Å². The minimum Gasteiger partial charge on any atom is -0.462 e. The molecule has 1 N–H and O–H groups in total. The molecule has 0 bridgehead atoms. The van der Waals surface area contributed by atoms with Gasteiger partial charge in [-0.3, -0.25) is 14.9 Å². The minimum absolute atomic E-state index is 0.0455. The molecule has 0 amide bonds. The Hall–Kier alpha value is -4.78. The second-order valence-electron chi connectivity index (χ2n) is 7.38. The summed E-state index contributed by atoms with van der Waals surface area (Å²) in [6.45, 7) is 4.99. The number of carbonyl (C=O) groups is 2. The van der Waals surface area contributed by atoms with Gasteiger partial charge in [0.2, 0.25) is 11.5 Å². The number of nitriles is 1. The number of aryl methyl sites for hydroxylation is 1. The highest BCUT2D eigenvalue weighted by atomic mass is 19.1. The molecule has 0 saturated heterocycles. The van der Waals surface area contributed by atoms with Crippen LogP contribution in [0.15, 0.2) is 48.0 Å². The molecule has 1 heterocycles. The zero-order valence-corrected chi connectivity index (χ0v) is 19.0. The lowest BCUT2D eigenvalue weighted by Crippen LogP contribution is -2.08. The van der Waals surface area contributed by atoms with Crippen LogP contribution in [0, 0.1) is 41.1 Å². The molecule has 0 unspecified atom stereocenters. The van der Waals surface area contributed by atoms with Gasteiger partial charge in [-0.1, -0.05) is 6.07 Å². The van der Waals surface area contributed by atoms with E-state index in [1.807, 2.05) is 0 Å². The molecule has 0 aliphatic heterocycles. The third-order valence-corrected chi connectivity index (χ3v) is 5.04. The molecule has 0 spiro atoms. The Balaban J connectivity index is 1.96. The summed E-state index contributed by atoms with van der Waals surface area (Å²) >= 11 is 0. The average molecular weight is 477 g/mol. The molecule has 0 aliphatic rings. The first-order chi connectivity index (χ1) is 16.7. The molecule has 0 aliphatic carbocycles. The highest BCUT2D eigenvalue weighted by Crippen LogP contribution is 2.33. The van der Waals surface area contributed by atoms with Crippen LogP contribution in [0.25, 0.3) is 6.08 Å². The number of nitrogens with zero attached hydrogens (tertiary/aromatic N) is 2. The first kappa shape index (κ1) is 24.9. The van der Waals surface area contributed by atoms with E-state index in [0.29, 0.717) is 11.3 Å². The zero-order chi connectivity index (χ0) is 25.7. The van der Waals surface area contributed by atoms with E-state index in [0.717, 1.165) is 18.2 Å². The number of ketones is 1. The maximum absolute atomic E-state index is 13.1. The molecule has 178 valence electrons. The van der Waals surface area contributed by atoms with Crippen molar-refractivity contribution in [1.29, 1.82) is 5.26 Å². The molecule has 10 heteroatoms. The monoisotopic (exact) mass is 477 g/mol. The summed E-state index contributed by atoms with van der Waals surface area (Å²) in [5, 5.41) is 21.2. The lowest BCUT2D eigenvalue weighted by Gasteiger charge is -2.07. The van der Waals surface area contributed by atoms with Gasteiger partial charge in [-0.15, -0.1) is 0 Å². The summed E-state index contributed by atoms with van der Waals surface area (Å²) < 4.78 is 23.6. The number of rotatable bonds is 8. The second-order valence-corrected chi connectivity index (χ2v) is 7.38. The summed E-state index contributed by atoms with van der Waals surface area (Å²) in [7, 11) is 0. The number of aromatic nitrogens is 1. The van der Waals surface area contributed by atoms with Crippen molar-refractivity contribution in [1.82, 2.24) is 4.98 Å². The van der Waals surface area contributed by atoms with Crippen molar-refractivity contribution in [2.75, 3.05) is 6.61 Å². The summed E-state index contributed by atoms with van der Waals surface area (Å²) in [5.74, 6) is -1.66. The standard InChI is InChI=1S/C25H20FN3O6/c1-4-34-25(31)22-14(2)23(28-15(22)3)24(30)17(13-27)11-16-5-10-21(20(12-16)29(32)33)35-19-8-6-18(26)7-9-19/h5-12,28H,4H2,1-3H3. The first-order valence-corrected chi connectivity index (χ1v) is 10.4. The van der Waals surface area contributed by atoms with Crippen LogP contribution in [0.2, 0.25) is 0 Å². The molecule has 0 atom stereocenters. The van der Waals surface area contributed by atoms with E-state index in [1.165, 1.54) is 30.3 Å². The number of halogens is 1. The molecule has 1 aromatic heterocycles. The number of carbonyl (C=O) groups excluding carboxylic acids is 2. The van der Waals surface area contributed by atoms with Gasteiger partial charge in [-0.05, 0) is 68.3 Å². The van der Waals surface area contributed by atoms with Gasteiger partial charge in [0.1, 0.15) is 23.2 Å². The van der Waals surface area contributed by atoms with Gasteiger partial charge >= 0.3 is 11.7 Å². The number of esters is 1. The first-order valence-electron chi connectivity index (χ1n) is 10.4. The number of hydrogen-bond acceptors (Lipinski definition) is 7. The zero-order valence-electron chi connectivity index (χ0n) is 19.0. The van der Waals surface area contributed by atoms with E-state index >= 15 is 0 Å². The maximum Gasteiger partial charge on any atom is 0.340 e. The summed E-state index contributed by atoms with van der Waals surface area (Å²) in [6, 6.07) is 10.7. The van der Waals surface area contributed by atoms with Crippen LogP contribution in [-0.4, -0.2) is 28.3 Å². The summed E-state index contributed by atoms with van der Waals surface area (Å²) in [4.78, 5) is 39.0. The molecule has 3 rings (SSSR count). The fourth-order valence-electron chi connectivity index (χ4n) is 3.42. The topological polar surface area (TPSA) is 135 Å². The fraction of sp³-hybridized carbons (Fsp3) is 0.160. The number of allylic oxidation sites excluding steroid dienone is 1. The number of benzene rings is 2. The van der Waals surface area contributed by atoms with Gasteiger partial charge in [0.05, 0.1) is 22.8 Å². The van der Waals surface area contributed by atoms with Crippen molar-refractivity contribution in [3.8, 4) is 17.6 Å². The molecule has 0 saturated carbocycles. The van der Waals surface area contributed by atoms with Crippen molar-refractivity contribution in [3.63, 3.8) is 0 Å².